The zero-order chi connectivity index (χ0) is 10.8. The molecule has 1 aromatic heterocycles. The summed E-state index contributed by atoms with van der Waals surface area (Å²) < 4.78 is 0.645. The Kier molecular flexibility index (Phi) is 2.89. The second-order valence-electron chi connectivity index (χ2n) is 3.28. The minimum atomic E-state index is 0.0382. The zero-order valence-electron chi connectivity index (χ0n) is 8.16. The van der Waals surface area contributed by atoms with Crippen molar-refractivity contribution in [3.63, 3.8) is 0 Å². The van der Waals surface area contributed by atoms with Crippen molar-refractivity contribution in [2.45, 2.75) is 6.92 Å². The van der Waals surface area contributed by atoms with Crippen LogP contribution in [-0.4, -0.2) is 5.78 Å². The van der Waals surface area contributed by atoms with Gasteiger partial charge in [0.2, 0.25) is 0 Å². The standard InChI is InChI=1S/C12H9ClOS/c1-8-4-2-3-5-10(8)12(14)9-6-11(13)15-7-9/h2-7H,1H3. The van der Waals surface area contributed by atoms with E-state index in [1.54, 1.807) is 11.4 Å². The van der Waals surface area contributed by atoms with Crippen molar-refractivity contribution in [1.29, 1.82) is 0 Å². The van der Waals surface area contributed by atoms with Gasteiger partial charge in [0.05, 0.1) is 4.34 Å². The highest BCUT2D eigenvalue weighted by molar-refractivity contribution is 7.14. The van der Waals surface area contributed by atoms with Gasteiger partial charge in [-0.05, 0) is 18.6 Å². The number of rotatable bonds is 2. The maximum absolute atomic E-state index is 12.0. The van der Waals surface area contributed by atoms with E-state index in [0.717, 1.165) is 11.1 Å². The molecular formula is C12H9ClOS. The highest BCUT2D eigenvalue weighted by Gasteiger charge is 2.12. The third-order valence-electron chi connectivity index (χ3n) is 2.22. The van der Waals surface area contributed by atoms with E-state index in [-0.39, 0.29) is 5.78 Å². The van der Waals surface area contributed by atoms with Gasteiger partial charge in [-0.2, -0.15) is 0 Å². The fourth-order valence-corrected chi connectivity index (χ4v) is 2.27. The molecule has 15 heavy (non-hydrogen) atoms. The Morgan fingerprint density at radius 3 is 2.67 bits per heavy atom. The van der Waals surface area contributed by atoms with Crippen LogP contribution in [0.5, 0.6) is 0 Å². The van der Waals surface area contributed by atoms with E-state index in [1.807, 2.05) is 31.2 Å². The molecule has 0 spiro atoms. The molecule has 1 heterocycles. The summed E-state index contributed by atoms with van der Waals surface area (Å²) in [6.07, 6.45) is 0. The van der Waals surface area contributed by atoms with Crippen molar-refractivity contribution in [2.75, 3.05) is 0 Å². The molecule has 0 amide bonds. The maximum atomic E-state index is 12.0. The predicted molar refractivity (Wildman–Crippen MR) is 63.9 cm³/mol. The fraction of sp³-hybridized carbons (Fsp3) is 0.0833. The summed E-state index contributed by atoms with van der Waals surface area (Å²) in [5, 5.41) is 1.79. The summed E-state index contributed by atoms with van der Waals surface area (Å²) >= 11 is 7.18. The van der Waals surface area contributed by atoms with Crippen LogP contribution in [0.4, 0.5) is 0 Å². The largest absolute Gasteiger partial charge is 0.289 e. The molecule has 2 aromatic rings. The molecule has 0 fully saturated rings. The first kappa shape index (κ1) is 10.4. The quantitative estimate of drug-likeness (QED) is 0.722. The van der Waals surface area contributed by atoms with E-state index in [1.165, 1.54) is 11.3 Å². The third-order valence-corrected chi connectivity index (χ3v) is 3.31. The molecule has 0 radical (unpaired) electrons. The minimum Gasteiger partial charge on any atom is -0.289 e. The first-order valence-corrected chi connectivity index (χ1v) is 5.78. The van der Waals surface area contributed by atoms with Crippen molar-refractivity contribution in [2.24, 2.45) is 0 Å². The zero-order valence-corrected chi connectivity index (χ0v) is 9.73. The average Bonchev–Trinajstić information content (AvgIpc) is 2.65. The van der Waals surface area contributed by atoms with Gasteiger partial charge in [-0.3, -0.25) is 4.79 Å². The molecule has 0 bridgehead atoms. The number of thiophene rings is 1. The van der Waals surface area contributed by atoms with Crippen LogP contribution in [0.1, 0.15) is 21.5 Å². The third kappa shape index (κ3) is 2.11. The van der Waals surface area contributed by atoms with Crippen LogP contribution in [0.25, 0.3) is 0 Å². The SMILES string of the molecule is Cc1ccccc1C(=O)c1csc(Cl)c1. The Balaban J connectivity index is 2.41. The van der Waals surface area contributed by atoms with Crippen LogP contribution in [0.15, 0.2) is 35.7 Å². The Morgan fingerprint density at radius 1 is 1.33 bits per heavy atom. The minimum absolute atomic E-state index is 0.0382. The smallest absolute Gasteiger partial charge is 0.194 e. The molecule has 0 aliphatic heterocycles. The second kappa shape index (κ2) is 4.17. The maximum Gasteiger partial charge on any atom is 0.194 e. The molecule has 1 aromatic carbocycles. The van der Waals surface area contributed by atoms with Gasteiger partial charge in [0.15, 0.2) is 5.78 Å². The number of carbonyl (C=O) groups excluding carboxylic acids is 1. The van der Waals surface area contributed by atoms with E-state index in [0.29, 0.717) is 9.90 Å². The molecule has 0 N–H and O–H groups in total. The Morgan fingerprint density at radius 2 is 2.07 bits per heavy atom. The molecule has 2 rings (SSSR count). The molecule has 3 heteroatoms. The summed E-state index contributed by atoms with van der Waals surface area (Å²) in [6, 6.07) is 9.27. The predicted octanol–water partition coefficient (Wildman–Crippen LogP) is 3.94. The van der Waals surface area contributed by atoms with E-state index >= 15 is 0 Å². The van der Waals surface area contributed by atoms with E-state index in [2.05, 4.69) is 0 Å². The summed E-state index contributed by atoms with van der Waals surface area (Å²) in [6.45, 7) is 1.93. The molecule has 0 unspecified atom stereocenters. The molecule has 76 valence electrons. The topological polar surface area (TPSA) is 17.1 Å². The van der Waals surface area contributed by atoms with Crippen molar-refractivity contribution in [1.82, 2.24) is 0 Å². The van der Waals surface area contributed by atoms with Crippen molar-refractivity contribution in [3.8, 4) is 0 Å². The highest BCUT2D eigenvalue weighted by Crippen LogP contribution is 2.23. The molecule has 0 aliphatic carbocycles. The Hall–Kier alpha value is -1.12. The van der Waals surface area contributed by atoms with Crippen LogP contribution in [-0.2, 0) is 0 Å². The van der Waals surface area contributed by atoms with Gasteiger partial charge in [0.1, 0.15) is 0 Å². The van der Waals surface area contributed by atoms with Crippen LogP contribution in [0.3, 0.4) is 0 Å². The van der Waals surface area contributed by atoms with Gasteiger partial charge >= 0.3 is 0 Å². The summed E-state index contributed by atoms with van der Waals surface area (Å²) in [7, 11) is 0. The molecular weight excluding hydrogens is 228 g/mol. The average molecular weight is 237 g/mol. The van der Waals surface area contributed by atoms with Crippen LogP contribution in [0, 0.1) is 6.92 Å². The van der Waals surface area contributed by atoms with Gasteiger partial charge in [-0.25, -0.2) is 0 Å². The number of benzene rings is 1. The fourth-order valence-electron chi connectivity index (χ4n) is 1.41. The van der Waals surface area contributed by atoms with E-state index in [4.69, 9.17) is 11.6 Å². The second-order valence-corrected chi connectivity index (χ2v) is 4.83. The monoisotopic (exact) mass is 236 g/mol. The van der Waals surface area contributed by atoms with Crippen LogP contribution < -0.4 is 0 Å². The van der Waals surface area contributed by atoms with Crippen molar-refractivity contribution in [3.05, 3.63) is 56.7 Å². The first-order valence-electron chi connectivity index (χ1n) is 4.53. The van der Waals surface area contributed by atoms with Gasteiger partial charge in [-0.15, -0.1) is 11.3 Å². The number of aryl methyl sites for hydroxylation is 1. The Labute approximate surface area is 97.3 Å². The molecule has 0 atom stereocenters. The number of ketones is 1. The Bertz CT molecular complexity index is 502. The van der Waals surface area contributed by atoms with Crippen molar-refractivity contribution >= 4 is 28.7 Å². The molecule has 0 aliphatic rings. The van der Waals surface area contributed by atoms with Crippen molar-refractivity contribution < 1.29 is 4.79 Å². The lowest BCUT2D eigenvalue weighted by Crippen LogP contribution is -2.01. The van der Waals surface area contributed by atoms with Gasteiger partial charge < -0.3 is 0 Å². The first-order chi connectivity index (χ1) is 7.18. The van der Waals surface area contributed by atoms with E-state index in [9.17, 15) is 4.79 Å². The van der Waals surface area contributed by atoms with Gasteiger partial charge in [-0.1, -0.05) is 35.9 Å². The number of carbonyl (C=O) groups is 1. The summed E-state index contributed by atoms with van der Waals surface area (Å²) in [5.74, 6) is 0.0382. The highest BCUT2D eigenvalue weighted by atomic mass is 35.5. The lowest BCUT2D eigenvalue weighted by Gasteiger charge is -2.01. The number of hydrogen-bond donors (Lipinski definition) is 0. The van der Waals surface area contributed by atoms with Gasteiger partial charge in [0.25, 0.3) is 0 Å². The summed E-state index contributed by atoms with van der Waals surface area (Å²) in [5.41, 5.74) is 2.40. The van der Waals surface area contributed by atoms with Crippen LogP contribution >= 0.6 is 22.9 Å². The lowest BCUT2D eigenvalue weighted by atomic mass is 10.0. The normalized spacial score (nSPS) is 10.3. The van der Waals surface area contributed by atoms with Gasteiger partial charge in [0, 0.05) is 16.5 Å². The molecule has 0 saturated carbocycles. The molecule has 0 saturated heterocycles. The number of hydrogen-bond acceptors (Lipinski definition) is 2. The van der Waals surface area contributed by atoms with Crippen LogP contribution in [0.2, 0.25) is 4.34 Å². The molecule has 1 nitrogen and oxygen atoms in total. The van der Waals surface area contributed by atoms with E-state index < -0.39 is 0 Å². The lowest BCUT2D eigenvalue weighted by molar-refractivity contribution is 0.103. The summed E-state index contributed by atoms with van der Waals surface area (Å²) in [4.78, 5) is 12.0. The number of halogens is 1.